The molecule has 0 aliphatic carbocycles. The summed E-state index contributed by atoms with van der Waals surface area (Å²) in [6, 6.07) is 9.58. The minimum absolute atomic E-state index is 0.195. The Labute approximate surface area is 303 Å². The van der Waals surface area contributed by atoms with E-state index in [1.54, 1.807) is 32.0 Å². The third-order valence-corrected chi connectivity index (χ3v) is 9.09. The number of amides is 4. The van der Waals surface area contributed by atoms with Crippen LogP contribution in [-0.4, -0.2) is 79.7 Å². The molecular formula is C37H48ClN7O6. The van der Waals surface area contributed by atoms with Crippen molar-refractivity contribution in [2.75, 3.05) is 6.54 Å². The van der Waals surface area contributed by atoms with Crippen molar-refractivity contribution in [1.82, 2.24) is 36.0 Å². The summed E-state index contributed by atoms with van der Waals surface area (Å²) in [4.78, 5) is 72.1. The quantitative estimate of drug-likeness (QED) is 0.136. The maximum absolute atomic E-state index is 13.8. The van der Waals surface area contributed by atoms with Gasteiger partial charge >= 0.3 is 0 Å². The van der Waals surface area contributed by atoms with Gasteiger partial charge in [-0.2, -0.15) is 0 Å². The second-order valence-corrected chi connectivity index (χ2v) is 14.7. The number of halogens is 1. The van der Waals surface area contributed by atoms with E-state index in [0.29, 0.717) is 49.2 Å². The zero-order valence-corrected chi connectivity index (χ0v) is 30.8. The highest BCUT2D eigenvalue weighted by Gasteiger charge is 2.40. The van der Waals surface area contributed by atoms with Gasteiger partial charge in [0.05, 0.1) is 6.04 Å². The van der Waals surface area contributed by atoms with Crippen molar-refractivity contribution in [2.24, 2.45) is 11.8 Å². The fraction of sp³-hybridized carbons (Fsp3) is 0.514. The van der Waals surface area contributed by atoms with E-state index in [0.717, 1.165) is 0 Å². The van der Waals surface area contributed by atoms with Gasteiger partial charge < -0.3 is 25.3 Å². The predicted molar refractivity (Wildman–Crippen MR) is 192 cm³/mol. The minimum atomic E-state index is -0.952. The number of nitrogens with zero attached hydrogens (tertiary/aromatic N) is 4. The third-order valence-electron chi connectivity index (χ3n) is 8.85. The molecule has 1 fully saturated rings. The van der Waals surface area contributed by atoms with Crippen LogP contribution in [0.3, 0.4) is 0 Å². The van der Waals surface area contributed by atoms with Gasteiger partial charge in [-0.1, -0.05) is 63.9 Å². The number of Topliss-reactive ketones (excluding diaryl/α,β-unsaturated/α-hetero) is 1. The number of carbonyl (C=O) groups is 5. The number of aromatic nitrogens is 3. The van der Waals surface area contributed by atoms with Gasteiger partial charge in [0, 0.05) is 35.3 Å². The van der Waals surface area contributed by atoms with E-state index in [1.165, 1.54) is 17.2 Å². The summed E-state index contributed by atoms with van der Waals surface area (Å²) in [5.41, 5.74) is 0.347. The van der Waals surface area contributed by atoms with Crippen LogP contribution in [0, 0.1) is 11.8 Å². The number of ketones is 1. The van der Waals surface area contributed by atoms with Crippen LogP contribution in [0.25, 0.3) is 11.5 Å². The van der Waals surface area contributed by atoms with Crippen molar-refractivity contribution < 1.29 is 28.4 Å². The SMILES string of the molecule is CC(C)C(NC(=O)[C@@H]1CCCN1C(=O)C(NC(=O)CCCCC(C)(C)NC(=O)c1cc(Cl)ccn1)C(C)C)C(=O)c1nnc(-c2ccccc2)o1. The lowest BCUT2D eigenvalue weighted by Crippen LogP contribution is -2.57. The molecule has 3 N–H and O–H groups in total. The van der Waals surface area contributed by atoms with Gasteiger partial charge in [0.15, 0.2) is 0 Å². The number of hydrogen-bond acceptors (Lipinski definition) is 9. The zero-order valence-electron chi connectivity index (χ0n) is 30.1. The Hall–Kier alpha value is -4.65. The second kappa shape index (κ2) is 17.5. The van der Waals surface area contributed by atoms with Crippen molar-refractivity contribution in [2.45, 2.75) is 104 Å². The topological polar surface area (TPSA) is 176 Å². The highest BCUT2D eigenvalue weighted by Crippen LogP contribution is 2.23. The summed E-state index contributed by atoms with van der Waals surface area (Å²) in [5.74, 6) is -2.46. The Bertz CT molecular complexity index is 1690. The van der Waals surface area contributed by atoms with Crippen LogP contribution >= 0.6 is 11.6 Å². The van der Waals surface area contributed by atoms with Gasteiger partial charge in [-0.05, 0) is 75.6 Å². The van der Waals surface area contributed by atoms with Crippen molar-refractivity contribution in [3.05, 3.63) is 65.3 Å². The number of likely N-dealkylation sites (tertiary alicyclic amines) is 1. The van der Waals surface area contributed by atoms with Crippen LogP contribution in [-0.2, 0) is 14.4 Å². The lowest BCUT2D eigenvalue weighted by molar-refractivity contribution is -0.142. The van der Waals surface area contributed by atoms with E-state index >= 15 is 0 Å². The third kappa shape index (κ3) is 10.7. The molecule has 3 atom stereocenters. The summed E-state index contributed by atoms with van der Waals surface area (Å²) in [7, 11) is 0. The fourth-order valence-corrected chi connectivity index (χ4v) is 6.15. The number of nitrogens with one attached hydrogen (secondary N) is 3. The number of rotatable bonds is 16. The molecule has 1 aliphatic rings. The average molecular weight is 722 g/mol. The number of benzene rings is 1. The molecule has 14 heteroatoms. The van der Waals surface area contributed by atoms with Crippen molar-refractivity contribution in [3.8, 4) is 11.5 Å². The number of carbonyl (C=O) groups excluding carboxylic acids is 5. The molecule has 2 unspecified atom stereocenters. The number of unbranched alkanes of at least 4 members (excludes halogenated alkanes) is 1. The standard InChI is InChI=1S/C37H48ClN7O6/c1-22(2)29(31(47)35-44-43-34(51-35)24-13-8-7-9-14-24)41-33(49)27-15-12-20-45(27)36(50)30(23(3)4)40-28(46)16-10-11-18-37(5,6)42-32(48)26-21-25(38)17-19-39-26/h7-9,13-14,17,19,21-23,27,29-30H,10-12,15-16,18,20H2,1-6H3,(H,40,46)(H,41,49)(H,42,48)/t27-,29?,30?/m0/s1. The molecule has 4 amide bonds. The van der Waals surface area contributed by atoms with E-state index in [1.807, 2.05) is 45.9 Å². The molecule has 0 radical (unpaired) electrons. The largest absolute Gasteiger partial charge is 0.414 e. The molecule has 0 saturated carbocycles. The van der Waals surface area contributed by atoms with E-state index in [-0.39, 0.29) is 53.5 Å². The van der Waals surface area contributed by atoms with Crippen LogP contribution in [0.4, 0.5) is 0 Å². The lowest BCUT2D eigenvalue weighted by Gasteiger charge is -2.31. The van der Waals surface area contributed by atoms with Gasteiger partial charge in [-0.15, -0.1) is 10.2 Å². The average Bonchev–Trinajstić information content (AvgIpc) is 3.79. The molecule has 2 aromatic heterocycles. The Morgan fingerprint density at radius 3 is 2.33 bits per heavy atom. The summed E-state index contributed by atoms with van der Waals surface area (Å²) in [6.45, 7) is 11.4. The predicted octanol–water partition coefficient (Wildman–Crippen LogP) is 5.01. The van der Waals surface area contributed by atoms with Crippen molar-refractivity contribution in [1.29, 1.82) is 0 Å². The van der Waals surface area contributed by atoms with Crippen molar-refractivity contribution >= 4 is 41.0 Å². The van der Waals surface area contributed by atoms with Gasteiger partial charge in [-0.25, -0.2) is 0 Å². The van der Waals surface area contributed by atoms with Crippen LogP contribution in [0.1, 0.15) is 101 Å². The first kappa shape index (κ1) is 39.1. The Morgan fingerprint density at radius 2 is 1.67 bits per heavy atom. The first-order valence-electron chi connectivity index (χ1n) is 17.4. The summed E-state index contributed by atoms with van der Waals surface area (Å²) < 4.78 is 5.66. The van der Waals surface area contributed by atoms with Crippen LogP contribution in [0.5, 0.6) is 0 Å². The summed E-state index contributed by atoms with van der Waals surface area (Å²) in [6.07, 6.45) is 4.52. The molecule has 3 heterocycles. The summed E-state index contributed by atoms with van der Waals surface area (Å²) >= 11 is 5.98. The first-order chi connectivity index (χ1) is 24.2. The first-order valence-corrected chi connectivity index (χ1v) is 17.8. The Balaban J connectivity index is 1.30. The van der Waals surface area contributed by atoms with Gasteiger partial charge in [0.2, 0.25) is 29.4 Å². The molecule has 1 saturated heterocycles. The Kier molecular flexibility index (Phi) is 13.4. The molecule has 1 aliphatic heterocycles. The summed E-state index contributed by atoms with van der Waals surface area (Å²) in [5, 5.41) is 17.0. The van der Waals surface area contributed by atoms with Gasteiger partial charge in [0.1, 0.15) is 17.8 Å². The maximum Gasteiger partial charge on any atom is 0.286 e. The molecule has 0 spiro atoms. The normalized spacial score (nSPS) is 15.8. The molecular weight excluding hydrogens is 674 g/mol. The van der Waals surface area contributed by atoms with Crippen molar-refractivity contribution in [3.63, 3.8) is 0 Å². The molecule has 274 valence electrons. The monoisotopic (exact) mass is 721 g/mol. The van der Waals surface area contributed by atoms with Crippen LogP contribution in [0.15, 0.2) is 53.1 Å². The number of pyridine rings is 1. The van der Waals surface area contributed by atoms with E-state index in [4.69, 9.17) is 16.0 Å². The smallest absolute Gasteiger partial charge is 0.286 e. The minimum Gasteiger partial charge on any atom is -0.414 e. The zero-order chi connectivity index (χ0) is 37.3. The van der Waals surface area contributed by atoms with Gasteiger partial charge in [-0.3, -0.25) is 29.0 Å². The second-order valence-electron chi connectivity index (χ2n) is 14.3. The molecule has 4 rings (SSSR count). The van der Waals surface area contributed by atoms with Crippen LogP contribution < -0.4 is 16.0 Å². The Morgan fingerprint density at radius 1 is 0.961 bits per heavy atom. The molecule has 1 aromatic carbocycles. The molecule has 0 bridgehead atoms. The molecule has 13 nitrogen and oxygen atoms in total. The fourth-order valence-electron chi connectivity index (χ4n) is 5.99. The maximum atomic E-state index is 13.8. The van der Waals surface area contributed by atoms with E-state index in [9.17, 15) is 24.0 Å². The molecule has 51 heavy (non-hydrogen) atoms. The highest BCUT2D eigenvalue weighted by molar-refractivity contribution is 6.30. The lowest BCUT2D eigenvalue weighted by atomic mass is 9.96. The molecule has 3 aromatic rings. The van der Waals surface area contributed by atoms with Crippen LogP contribution in [0.2, 0.25) is 5.02 Å². The van der Waals surface area contributed by atoms with E-state index in [2.05, 4.69) is 31.1 Å². The van der Waals surface area contributed by atoms with Gasteiger partial charge in [0.25, 0.3) is 11.8 Å². The number of hydrogen-bond donors (Lipinski definition) is 3. The highest BCUT2D eigenvalue weighted by atomic mass is 35.5. The van der Waals surface area contributed by atoms with E-state index < -0.39 is 35.4 Å².